The molecule has 0 saturated heterocycles. The maximum absolute atomic E-state index is 11.8. The lowest BCUT2D eigenvalue weighted by Crippen LogP contribution is -2.42. The summed E-state index contributed by atoms with van der Waals surface area (Å²) in [6, 6.07) is 62.8. The van der Waals surface area contributed by atoms with Crippen LogP contribution >= 0.6 is 0 Å². The second kappa shape index (κ2) is 18.7. The zero-order valence-electron chi connectivity index (χ0n) is 33.3. The summed E-state index contributed by atoms with van der Waals surface area (Å²) in [7, 11) is 0. The van der Waals surface area contributed by atoms with Gasteiger partial charge in [0.2, 0.25) is 0 Å². The summed E-state index contributed by atoms with van der Waals surface area (Å²) < 4.78 is 2.29. The van der Waals surface area contributed by atoms with Gasteiger partial charge in [-0.3, -0.25) is 0 Å². The molecule has 2 aromatic heterocycles. The second-order valence-electron chi connectivity index (χ2n) is 14.7. The SMILES string of the molecule is Cc1[nH]cnc1CCC(O)C(c1ccccc1)(c1ccccc1)c1ccccc1.Cc1c(CCCO)ncn1C(c1ccccc1)(c1ccccc1)c1ccccc1. The van der Waals surface area contributed by atoms with Gasteiger partial charge in [-0.15, -0.1) is 0 Å². The van der Waals surface area contributed by atoms with E-state index in [-0.39, 0.29) is 6.61 Å². The molecule has 0 fully saturated rings. The van der Waals surface area contributed by atoms with E-state index >= 15 is 0 Å². The lowest BCUT2D eigenvalue weighted by molar-refractivity contribution is 0.112. The van der Waals surface area contributed by atoms with Crippen molar-refractivity contribution in [3.8, 4) is 0 Å². The highest BCUT2D eigenvalue weighted by Gasteiger charge is 2.43. The molecule has 0 bridgehead atoms. The summed E-state index contributed by atoms with van der Waals surface area (Å²) in [6.07, 6.45) is 5.85. The fourth-order valence-electron chi connectivity index (χ4n) is 8.54. The number of imidazole rings is 2. The molecule has 2 heterocycles. The summed E-state index contributed by atoms with van der Waals surface area (Å²) in [4.78, 5) is 12.3. The number of aryl methyl sites for hydroxylation is 3. The van der Waals surface area contributed by atoms with Crippen molar-refractivity contribution in [1.29, 1.82) is 0 Å². The van der Waals surface area contributed by atoms with Gasteiger partial charge in [0.1, 0.15) is 5.54 Å². The van der Waals surface area contributed by atoms with Crippen molar-refractivity contribution in [2.24, 2.45) is 0 Å². The Morgan fingerprint density at radius 1 is 0.534 bits per heavy atom. The van der Waals surface area contributed by atoms with Crippen LogP contribution in [0.25, 0.3) is 0 Å². The van der Waals surface area contributed by atoms with Crippen LogP contribution in [0.15, 0.2) is 195 Å². The standard InChI is InChI=1S/2C26H26N2O/c1-21-25(18-11-19-29)27-20-28(21)26(22-12-5-2-6-13-22,23-14-7-3-8-15-23)24-16-9-4-10-17-24;1-20-24(28-19-27-20)17-18-25(29)26(21-11-5-2-6-12-21,22-13-7-3-8-14-22)23-15-9-4-10-16-23/h2-10,12-17,20,29H,11,18-19H2,1H3;2-16,19,25,29H,17-18H2,1H3,(H,27,28). The van der Waals surface area contributed by atoms with Gasteiger partial charge < -0.3 is 19.8 Å². The van der Waals surface area contributed by atoms with Crippen LogP contribution in [-0.2, 0) is 23.8 Å². The Labute approximate surface area is 342 Å². The summed E-state index contributed by atoms with van der Waals surface area (Å²) in [5.41, 5.74) is 9.85. The highest BCUT2D eigenvalue weighted by Crippen LogP contribution is 2.44. The third-order valence-electron chi connectivity index (χ3n) is 11.4. The van der Waals surface area contributed by atoms with Crippen LogP contribution in [0.5, 0.6) is 0 Å². The van der Waals surface area contributed by atoms with Gasteiger partial charge in [0, 0.05) is 18.0 Å². The van der Waals surface area contributed by atoms with Crippen molar-refractivity contribution in [2.75, 3.05) is 6.61 Å². The highest BCUT2D eigenvalue weighted by atomic mass is 16.3. The Bertz CT molecular complexity index is 2220. The molecular weight excluding hydrogens is 713 g/mol. The van der Waals surface area contributed by atoms with E-state index in [1.165, 1.54) is 16.7 Å². The highest BCUT2D eigenvalue weighted by molar-refractivity contribution is 5.53. The topological polar surface area (TPSA) is 87.0 Å². The number of nitrogens with one attached hydrogen (secondary N) is 1. The smallest absolute Gasteiger partial charge is 0.121 e. The second-order valence-corrected chi connectivity index (χ2v) is 14.7. The molecule has 8 aromatic rings. The predicted octanol–water partition coefficient (Wildman–Crippen LogP) is 10.0. The number of rotatable bonds is 14. The lowest BCUT2D eigenvalue weighted by Gasteiger charge is -2.40. The van der Waals surface area contributed by atoms with Gasteiger partial charge in [0.05, 0.1) is 35.6 Å². The predicted molar refractivity (Wildman–Crippen MR) is 234 cm³/mol. The van der Waals surface area contributed by atoms with Crippen LogP contribution in [-0.4, -0.2) is 42.4 Å². The minimum absolute atomic E-state index is 0.174. The van der Waals surface area contributed by atoms with Crippen LogP contribution in [0, 0.1) is 13.8 Å². The van der Waals surface area contributed by atoms with Gasteiger partial charge in [-0.2, -0.15) is 0 Å². The molecule has 0 aliphatic heterocycles. The van der Waals surface area contributed by atoms with Gasteiger partial charge in [-0.05, 0) is 72.9 Å². The van der Waals surface area contributed by atoms with Gasteiger partial charge in [-0.25, -0.2) is 9.97 Å². The summed E-state index contributed by atoms with van der Waals surface area (Å²) >= 11 is 0. The molecule has 0 aliphatic rings. The molecule has 0 amide bonds. The molecule has 0 radical (unpaired) electrons. The van der Waals surface area contributed by atoms with Crippen LogP contribution in [0.2, 0.25) is 0 Å². The van der Waals surface area contributed by atoms with E-state index in [2.05, 4.69) is 149 Å². The van der Waals surface area contributed by atoms with E-state index in [0.717, 1.165) is 45.9 Å². The monoisotopic (exact) mass is 764 g/mol. The average molecular weight is 765 g/mol. The first kappa shape index (κ1) is 39.9. The van der Waals surface area contributed by atoms with Gasteiger partial charge in [0.15, 0.2) is 0 Å². The number of hydrogen-bond acceptors (Lipinski definition) is 4. The molecule has 3 N–H and O–H groups in total. The van der Waals surface area contributed by atoms with Crippen molar-refractivity contribution in [1.82, 2.24) is 19.5 Å². The van der Waals surface area contributed by atoms with E-state index < -0.39 is 17.1 Å². The third kappa shape index (κ3) is 7.94. The zero-order chi connectivity index (χ0) is 40.2. The van der Waals surface area contributed by atoms with Crippen molar-refractivity contribution < 1.29 is 10.2 Å². The van der Waals surface area contributed by atoms with Crippen molar-refractivity contribution in [2.45, 2.75) is 56.6 Å². The van der Waals surface area contributed by atoms with Gasteiger partial charge >= 0.3 is 0 Å². The molecule has 6 nitrogen and oxygen atoms in total. The maximum Gasteiger partial charge on any atom is 0.121 e. The quantitative estimate of drug-likeness (QED) is 0.0963. The number of benzene rings is 6. The molecule has 0 saturated carbocycles. The maximum atomic E-state index is 11.8. The van der Waals surface area contributed by atoms with Gasteiger partial charge in [0.25, 0.3) is 0 Å². The van der Waals surface area contributed by atoms with Crippen LogP contribution < -0.4 is 0 Å². The zero-order valence-corrected chi connectivity index (χ0v) is 33.3. The molecular formula is C52H52N4O2. The first-order valence-electron chi connectivity index (χ1n) is 20.2. The number of hydrogen-bond donors (Lipinski definition) is 3. The summed E-state index contributed by atoms with van der Waals surface area (Å²) in [5, 5.41) is 21.1. The Morgan fingerprint density at radius 3 is 1.29 bits per heavy atom. The molecule has 1 atom stereocenters. The number of H-pyrrole nitrogens is 1. The summed E-state index contributed by atoms with van der Waals surface area (Å²) in [5.74, 6) is 0. The van der Waals surface area contributed by atoms with E-state index in [0.29, 0.717) is 19.3 Å². The number of nitrogens with zero attached hydrogens (tertiary/aromatic N) is 3. The molecule has 0 aliphatic carbocycles. The lowest BCUT2D eigenvalue weighted by atomic mass is 9.65. The van der Waals surface area contributed by atoms with E-state index in [1.54, 1.807) is 6.33 Å². The first-order valence-corrected chi connectivity index (χ1v) is 20.2. The number of aliphatic hydroxyl groups is 2. The van der Waals surface area contributed by atoms with Crippen molar-refractivity contribution in [3.05, 3.63) is 251 Å². The van der Waals surface area contributed by atoms with Crippen LogP contribution in [0.4, 0.5) is 0 Å². The minimum Gasteiger partial charge on any atom is -0.396 e. The first-order chi connectivity index (χ1) is 28.5. The molecule has 0 spiro atoms. The van der Waals surface area contributed by atoms with Crippen LogP contribution in [0.3, 0.4) is 0 Å². The van der Waals surface area contributed by atoms with E-state index in [1.807, 2.05) is 67.8 Å². The van der Waals surface area contributed by atoms with E-state index in [9.17, 15) is 10.2 Å². The van der Waals surface area contributed by atoms with Crippen LogP contribution in [0.1, 0.15) is 69.0 Å². The fourth-order valence-corrected chi connectivity index (χ4v) is 8.54. The molecule has 58 heavy (non-hydrogen) atoms. The average Bonchev–Trinajstić information content (AvgIpc) is 3.88. The van der Waals surface area contributed by atoms with Gasteiger partial charge in [-0.1, -0.05) is 182 Å². The Morgan fingerprint density at radius 2 is 0.931 bits per heavy atom. The number of aromatic nitrogens is 4. The van der Waals surface area contributed by atoms with E-state index in [4.69, 9.17) is 4.98 Å². The fraction of sp³-hybridized carbons (Fsp3) is 0.192. The summed E-state index contributed by atoms with van der Waals surface area (Å²) in [6.45, 7) is 4.32. The Balaban J connectivity index is 0.000000177. The van der Waals surface area contributed by atoms with Crippen molar-refractivity contribution >= 4 is 0 Å². The molecule has 292 valence electrons. The van der Waals surface area contributed by atoms with Crippen molar-refractivity contribution in [3.63, 3.8) is 0 Å². The molecule has 6 aromatic carbocycles. The molecule has 8 rings (SSSR count). The Hall–Kier alpha value is -6.34. The number of aliphatic hydroxyl groups excluding tert-OH is 2. The third-order valence-corrected chi connectivity index (χ3v) is 11.4. The minimum atomic E-state index is -0.659. The normalized spacial score (nSPS) is 12.1. The molecule has 6 heteroatoms. The largest absolute Gasteiger partial charge is 0.396 e. The molecule has 1 unspecified atom stereocenters. The number of aromatic amines is 1. The Kier molecular flexibility index (Phi) is 12.9.